The molecule has 0 aromatic carbocycles. The first kappa shape index (κ1) is 12.4. The number of rotatable bonds is 2. The average Bonchev–Trinajstić information content (AvgIpc) is 2.70. The minimum Gasteiger partial charge on any atom is -0.335 e. The first-order valence-corrected chi connectivity index (χ1v) is 6.55. The number of carbonyl (C=O) groups excluding carboxylic acids is 1. The highest BCUT2D eigenvalue weighted by Crippen LogP contribution is 2.22. The van der Waals surface area contributed by atoms with E-state index in [1.165, 1.54) is 6.42 Å². The molecule has 1 atom stereocenters. The molecule has 1 saturated heterocycles. The summed E-state index contributed by atoms with van der Waals surface area (Å²) >= 11 is 6.05. The summed E-state index contributed by atoms with van der Waals surface area (Å²) in [5.74, 6) is -0.0330. The summed E-state index contributed by atoms with van der Waals surface area (Å²) in [6, 6.07) is 0.291. The summed E-state index contributed by atoms with van der Waals surface area (Å²) in [7, 11) is 0. The molecule has 0 bridgehead atoms. The normalized spacial score (nSPS) is 20.6. The molecule has 0 spiro atoms. The maximum atomic E-state index is 12.3. The van der Waals surface area contributed by atoms with Gasteiger partial charge in [0.25, 0.3) is 5.91 Å². The molecule has 2 rings (SSSR count). The minimum absolute atomic E-state index is 0.0330. The molecule has 17 heavy (non-hydrogen) atoms. The maximum Gasteiger partial charge on any atom is 0.276 e. The number of hydrogen-bond donors (Lipinski definition) is 0. The first-order chi connectivity index (χ1) is 8.13. The Morgan fingerprint density at radius 1 is 1.59 bits per heavy atom. The number of amides is 1. The predicted octanol–water partition coefficient (Wildman–Crippen LogP) is 2.57. The van der Waals surface area contributed by atoms with Crippen LogP contribution >= 0.6 is 11.6 Å². The third kappa shape index (κ3) is 2.46. The highest BCUT2D eigenvalue weighted by molar-refractivity contribution is 6.33. The lowest BCUT2D eigenvalue weighted by molar-refractivity contribution is 0.0629. The van der Waals surface area contributed by atoms with Gasteiger partial charge in [0, 0.05) is 25.3 Å². The molecule has 4 nitrogen and oxygen atoms in total. The Morgan fingerprint density at radius 3 is 2.94 bits per heavy atom. The quantitative estimate of drug-likeness (QED) is 0.815. The molecule has 2 heterocycles. The third-order valence-corrected chi connectivity index (χ3v) is 3.58. The van der Waals surface area contributed by atoms with Crippen LogP contribution in [0, 0.1) is 0 Å². The van der Waals surface area contributed by atoms with Gasteiger partial charge in [-0.05, 0) is 33.1 Å². The van der Waals surface area contributed by atoms with Gasteiger partial charge in [0.15, 0.2) is 5.69 Å². The molecule has 0 N–H and O–H groups in total. The largest absolute Gasteiger partial charge is 0.335 e. The lowest BCUT2D eigenvalue weighted by Gasteiger charge is -2.32. The predicted molar refractivity (Wildman–Crippen MR) is 67.3 cm³/mol. The van der Waals surface area contributed by atoms with Gasteiger partial charge >= 0.3 is 0 Å². The molecule has 0 unspecified atom stereocenters. The highest BCUT2D eigenvalue weighted by Gasteiger charge is 2.27. The van der Waals surface area contributed by atoms with Crippen molar-refractivity contribution >= 4 is 17.5 Å². The Hall–Kier alpha value is -1.03. The van der Waals surface area contributed by atoms with Crippen molar-refractivity contribution in [1.29, 1.82) is 0 Å². The molecule has 1 aromatic rings. The molecule has 0 saturated carbocycles. The van der Waals surface area contributed by atoms with Crippen molar-refractivity contribution in [1.82, 2.24) is 14.7 Å². The van der Waals surface area contributed by atoms with Gasteiger partial charge in [0.2, 0.25) is 0 Å². The van der Waals surface area contributed by atoms with Gasteiger partial charge in [-0.15, -0.1) is 0 Å². The van der Waals surface area contributed by atoms with Crippen molar-refractivity contribution in [2.75, 3.05) is 6.54 Å². The molecule has 1 fully saturated rings. The molecule has 1 amide bonds. The Bertz CT molecular complexity index is 416. The topological polar surface area (TPSA) is 38.1 Å². The number of hydrogen-bond acceptors (Lipinski definition) is 2. The maximum absolute atomic E-state index is 12.3. The second-order valence-electron chi connectivity index (χ2n) is 4.52. The lowest BCUT2D eigenvalue weighted by Crippen LogP contribution is -2.42. The summed E-state index contributed by atoms with van der Waals surface area (Å²) < 4.78 is 1.70. The number of piperidine rings is 1. The average molecular weight is 256 g/mol. The van der Waals surface area contributed by atoms with E-state index in [0.717, 1.165) is 25.9 Å². The van der Waals surface area contributed by atoms with E-state index >= 15 is 0 Å². The van der Waals surface area contributed by atoms with Gasteiger partial charge in [-0.3, -0.25) is 9.48 Å². The van der Waals surface area contributed by atoms with Gasteiger partial charge in [-0.25, -0.2) is 0 Å². The standard InChI is InChI=1S/C12H18ClN3O/c1-3-15-8-10(13)11(14-15)12(17)16-7-5-4-6-9(16)2/h8-9H,3-7H2,1-2H3/t9-/m1/s1. The summed E-state index contributed by atoms with van der Waals surface area (Å²) in [6.07, 6.45) is 5.05. The molecule has 5 heteroatoms. The van der Waals surface area contributed by atoms with Gasteiger partial charge in [0.1, 0.15) is 0 Å². The van der Waals surface area contributed by atoms with E-state index in [4.69, 9.17) is 11.6 Å². The van der Waals surface area contributed by atoms with Crippen LogP contribution in [0.25, 0.3) is 0 Å². The fourth-order valence-electron chi connectivity index (χ4n) is 2.24. The fraction of sp³-hybridized carbons (Fsp3) is 0.667. The molecule has 1 aliphatic heterocycles. The van der Waals surface area contributed by atoms with Gasteiger partial charge in [-0.1, -0.05) is 11.6 Å². The van der Waals surface area contributed by atoms with Crippen LogP contribution in [0.15, 0.2) is 6.20 Å². The van der Waals surface area contributed by atoms with Crippen molar-refractivity contribution < 1.29 is 4.79 Å². The Morgan fingerprint density at radius 2 is 2.35 bits per heavy atom. The van der Waals surface area contributed by atoms with Crippen LogP contribution in [0.1, 0.15) is 43.6 Å². The number of aromatic nitrogens is 2. The smallest absolute Gasteiger partial charge is 0.276 e. The number of likely N-dealkylation sites (tertiary alicyclic amines) is 1. The molecule has 94 valence electrons. The first-order valence-electron chi connectivity index (χ1n) is 6.17. The Balaban J connectivity index is 2.20. The van der Waals surface area contributed by atoms with E-state index < -0.39 is 0 Å². The van der Waals surface area contributed by atoms with Crippen molar-refractivity contribution in [2.45, 2.75) is 45.7 Å². The van der Waals surface area contributed by atoms with Crippen LogP contribution in [0.3, 0.4) is 0 Å². The van der Waals surface area contributed by atoms with Crippen molar-refractivity contribution in [2.24, 2.45) is 0 Å². The fourth-order valence-corrected chi connectivity index (χ4v) is 2.47. The molecule has 1 aromatic heterocycles. The van der Waals surface area contributed by atoms with Crippen LogP contribution in [-0.4, -0.2) is 33.2 Å². The van der Waals surface area contributed by atoms with Crippen molar-refractivity contribution in [3.8, 4) is 0 Å². The van der Waals surface area contributed by atoms with Crippen LogP contribution in [-0.2, 0) is 6.54 Å². The minimum atomic E-state index is -0.0330. The number of nitrogens with zero attached hydrogens (tertiary/aromatic N) is 3. The SMILES string of the molecule is CCn1cc(Cl)c(C(=O)N2CCCC[C@H]2C)n1. The number of halogens is 1. The third-order valence-electron chi connectivity index (χ3n) is 3.31. The molecule has 0 aliphatic carbocycles. The van der Waals surface area contributed by atoms with Crippen molar-refractivity contribution in [3.05, 3.63) is 16.9 Å². The second-order valence-corrected chi connectivity index (χ2v) is 4.93. The molecular formula is C12H18ClN3O. The Kier molecular flexibility index (Phi) is 3.72. The van der Waals surface area contributed by atoms with E-state index in [1.807, 2.05) is 11.8 Å². The number of carbonyl (C=O) groups is 1. The zero-order valence-electron chi connectivity index (χ0n) is 10.3. The lowest BCUT2D eigenvalue weighted by atomic mass is 10.0. The monoisotopic (exact) mass is 255 g/mol. The van der Waals surface area contributed by atoms with E-state index in [-0.39, 0.29) is 5.91 Å². The summed E-state index contributed by atoms with van der Waals surface area (Å²) in [6.45, 7) is 5.60. The summed E-state index contributed by atoms with van der Waals surface area (Å²) in [4.78, 5) is 14.2. The van der Waals surface area contributed by atoms with Crippen molar-refractivity contribution in [3.63, 3.8) is 0 Å². The van der Waals surface area contributed by atoms with Crippen LogP contribution in [0.4, 0.5) is 0 Å². The highest BCUT2D eigenvalue weighted by atomic mass is 35.5. The molecule has 1 aliphatic rings. The van der Waals surface area contributed by atoms with E-state index in [9.17, 15) is 4.79 Å². The van der Waals surface area contributed by atoms with E-state index in [0.29, 0.717) is 16.8 Å². The molecule has 0 radical (unpaired) electrons. The van der Waals surface area contributed by atoms with Crippen LogP contribution in [0.2, 0.25) is 5.02 Å². The number of aryl methyl sites for hydroxylation is 1. The van der Waals surface area contributed by atoms with Gasteiger partial charge in [0.05, 0.1) is 5.02 Å². The van der Waals surface area contributed by atoms with E-state index in [2.05, 4.69) is 12.0 Å². The summed E-state index contributed by atoms with van der Waals surface area (Å²) in [5, 5.41) is 4.68. The summed E-state index contributed by atoms with van der Waals surface area (Å²) in [5.41, 5.74) is 0.391. The van der Waals surface area contributed by atoms with Gasteiger partial charge in [-0.2, -0.15) is 5.10 Å². The Labute approximate surface area is 107 Å². The molecular weight excluding hydrogens is 238 g/mol. The van der Waals surface area contributed by atoms with Crippen LogP contribution in [0.5, 0.6) is 0 Å². The zero-order valence-corrected chi connectivity index (χ0v) is 11.1. The van der Waals surface area contributed by atoms with Gasteiger partial charge < -0.3 is 4.90 Å². The zero-order chi connectivity index (χ0) is 12.4. The van der Waals surface area contributed by atoms with Crippen LogP contribution < -0.4 is 0 Å². The second kappa shape index (κ2) is 5.08. The van der Waals surface area contributed by atoms with E-state index in [1.54, 1.807) is 10.9 Å².